The van der Waals surface area contributed by atoms with E-state index in [4.69, 9.17) is 0 Å². The Labute approximate surface area is 112 Å². The van der Waals surface area contributed by atoms with Crippen LogP contribution in [0.3, 0.4) is 0 Å². The fourth-order valence-electron chi connectivity index (χ4n) is 2.00. The van der Waals surface area contributed by atoms with Gasteiger partial charge in [0.2, 0.25) is 11.8 Å². The third kappa shape index (κ3) is 2.30. The maximum absolute atomic E-state index is 13.5. The van der Waals surface area contributed by atoms with Crippen molar-refractivity contribution in [1.29, 1.82) is 0 Å². The molecule has 0 amide bonds. The molecule has 0 radical (unpaired) electrons. The van der Waals surface area contributed by atoms with Crippen molar-refractivity contribution in [2.45, 2.75) is 6.42 Å². The summed E-state index contributed by atoms with van der Waals surface area (Å²) in [5, 5.41) is 0. The largest absolute Gasteiger partial charge is 0.346 e. The molecule has 1 aliphatic rings. The third-order valence-electron chi connectivity index (χ3n) is 3.07. The van der Waals surface area contributed by atoms with Crippen LogP contribution in [0.15, 0.2) is 4.99 Å². The highest BCUT2D eigenvalue weighted by atomic mass is 19.2. The summed E-state index contributed by atoms with van der Waals surface area (Å²) in [4.78, 5) is 6.78. The van der Waals surface area contributed by atoms with Gasteiger partial charge in [0, 0.05) is 27.2 Å². The van der Waals surface area contributed by atoms with Gasteiger partial charge in [0.05, 0.1) is 0 Å². The van der Waals surface area contributed by atoms with Crippen molar-refractivity contribution in [2.75, 3.05) is 27.2 Å². The Morgan fingerprint density at radius 1 is 0.750 bits per heavy atom. The molecule has 1 heterocycles. The maximum atomic E-state index is 13.5. The smallest absolute Gasteiger partial charge is 0.201 e. The Bertz CT molecular complexity index is 532. The van der Waals surface area contributed by atoms with Gasteiger partial charge in [0.25, 0.3) is 0 Å². The van der Waals surface area contributed by atoms with Crippen LogP contribution < -0.4 is 0 Å². The number of halogens is 5. The Balaban J connectivity index is 2.58. The van der Waals surface area contributed by atoms with Crippen molar-refractivity contribution in [3.8, 4) is 0 Å². The van der Waals surface area contributed by atoms with E-state index >= 15 is 0 Å². The third-order valence-corrected chi connectivity index (χ3v) is 3.07. The molecule has 1 aliphatic heterocycles. The molecule has 0 saturated carbocycles. The first-order valence-corrected chi connectivity index (χ1v) is 5.87. The zero-order valence-electron chi connectivity index (χ0n) is 10.9. The van der Waals surface area contributed by atoms with Gasteiger partial charge in [-0.05, 0) is 6.42 Å². The number of rotatable bonds is 1. The highest BCUT2D eigenvalue weighted by Crippen LogP contribution is 2.30. The molecule has 0 bridgehead atoms. The molecule has 1 aromatic carbocycles. The molecule has 0 unspecified atom stereocenters. The number of benzene rings is 1. The highest BCUT2D eigenvalue weighted by molar-refractivity contribution is 5.83. The fraction of sp³-hybridized carbons (Fsp3) is 0.417. The molecule has 1 saturated heterocycles. The van der Waals surface area contributed by atoms with Gasteiger partial charge in [0.15, 0.2) is 23.3 Å². The van der Waals surface area contributed by atoms with Crippen LogP contribution in [0.5, 0.6) is 0 Å². The van der Waals surface area contributed by atoms with Crippen molar-refractivity contribution in [2.24, 2.45) is 4.99 Å². The summed E-state index contributed by atoms with van der Waals surface area (Å²) in [7, 11) is 3.25. The SMILES string of the molecule is CN1CCCN(C)C1=Nc1c(F)c(F)c(F)c(F)c1F. The molecule has 1 fully saturated rings. The van der Waals surface area contributed by atoms with Crippen LogP contribution in [0, 0.1) is 29.1 Å². The minimum atomic E-state index is -2.19. The monoisotopic (exact) mass is 293 g/mol. The average Bonchev–Trinajstić information content (AvgIpc) is 2.42. The summed E-state index contributed by atoms with van der Waals surface area (Å²) in [6.07, 6.45) is 0.809. The minimum Gasteiger partial charge on any atom is -0.346 e. The molecule has 3 nitrogen and oxygen atoms in total. The Morgan fingerprint density at radius 2 is 1.15 bits per heavy atom. The molecule has 20 heavy (non-hydrogen) atoms. The quantitative estimate of drug-likeness (QED) is 0.450. The van der Waals surface area contributed by atoms with E-state index < -0.39 is 34.8 Å². The van der Waals surface area contributed by atoms with Crippen LogP contribution in [0.2, 0.25) is 0 Å². The second-order valence-corrected chi connectivity index (χ2v) is 4.53. The summed E-state index contributed by atoms with van der Waals surface area (Å²) >= 11 is 0. The number of nitrogens with zero attached hydrogens (tertiary/aromatic N) is 3. The van der Waals surface area contributed by atoms with Crippen molar-refractivity contribution >= 4 is 11.6 Å². The summed E-state index contributed by atoms with van der Waals surface area (Å²) in [6.45, 7) is 1.16. The first-order chi connectivity index (χ1) is 9.34. The topological polar surface area (TPSA) is 18.8 Å². The second kappa shape index (κ2) is 5.26. The summed E-state index contributed by atoms with van der Waals surface area (Å²) in [5.74, 6) is -9.88. The van der Waals surface area contributed by atoms with E-state index in [1.54, 1.807) is 23.9 Å². The predicted molar refractivity (Wildman–Crippen MR) is 63.2 cm³/mol. The van der Waals surface area contributed by atoms with Gasteiger partial charge in [-0.15, -0.1) is 0 Å². The lowest BCUT2D eigenvalue weighted by Crippen LogP contribution is -2.46. The molecular formula is C12H12F5N3. The first-order valence-electron chi connectivity index (χ1n) is 5.87. The van der Waals surface area contributed by atoms with E-state index in [9.17, 15) is 22.0 Å². The zero-order chi connectivity index (χ0) is 15.0. The van der Waals surface area contributed by atoms with Gasteiger partial charge in [0.1, 0.15) is 5.69 Å². The summed E-state index contributed by atoms with van der Waals surface area (Å²) in [5.41, 5.74) is -1.17. The number of aliphatic imine (C=N–C) groups is 1. The first kappa shape index (κ1) is 14.5. The minimum absolute atomic E-state index is 0.152. The lowest BCUT2D eigenvalue weighted by Gasteiger charge is -2.34. The number of guanidine groups is 1. The summed E-state index contributed by atoms with van der Waals surface area (Å²) in [6, 6.07) is 0. The number of hydrogen-bond acceptors (Lipinski definition) is 1. The van der Waals surface area contributed by atoms with Crippen LogP contribution in [-0.4, -0.2) is 42.9 Å². The predicted octanol–water partition coefficient (Wildman–Crippen LogP) is 2.64. The van der Waals surface area contributed by atoms with Crippen molar-refractivity contribution in [1.82, 2.24) is 9.80 Å². The lowest BCUT2D eigenvalue weighted by molar-refractivity contribution is 0.317. The van der Waals surface area contributed by atoms with Crippen LogP contribution in [-0.2, 0) is 0 Å². The Kier molecular flexibility index (Phi) is 3.82. The van der Waals surface area contributed by atoms with Crippen molar-refractivity contribution in [3.63, 3.8) is 0 Å². The summed E-state index contributed by atoms with van der Waals surface area (Å²) < 4.78 is 66.2. The van der Waals surface area contributed by atoms with Crippen LogP contribution in [0.25, 0.3) is 0 Å². The normalized spacial score (nSPS) is 15.8. The lowest BCUT2D eigenvalue weighted by atomic mass is 10.2. The van der Waals surface area contributed by atoms with Crippen LogP contribution in [0.4, 0.5) is 27.6 Å². The molecule has 8 heteroatoms. The van der Waals surface area contributed by atoms with E-state index in [2.05, 4.69) is 4.99 Å². The van der Waals surface area contributed by atoms with Gasteiger partial charge in [-0.1, -0.05) is 0 Å². The Hall–Kier alpha value is -1.86. The molecular weight excluding hydrogens is 281 g/mol. The molecule has 0 spiro atoms. The van der Waals surface area contributed by atoms with Gasteiger partial charge in [-0.2, -0.15) is 0 Å². The van der Waals surface area contributed by atoms with Gasteiger partial charge >= 0.3 is 0 Å². The zero-order valence-corrected chi connectivity index (χ0v) is 10.9. The number of hydrogen-bond donors (Lipinski definition) is 0. The molecule has 0 aromatic heterocycles. The van der Waals surface area contributed by atoms with Crippen LogP contribution >= 0.6 is 0 Å². The van der Waals surface area contributed by atoms with E-state index in [1.807, 2.05) is 0 Å². The van der Waals surface area contributed by atoms with Crippen molar-refractivity contribution in [3.05, 3.63) is 29.1 Å². The van der Waals surface area contributed by atoms with E-state index in [1.165, 1.54) is 0 Å². The Morgan fingerprint density at radius 3 is 1.60 bits per heavy atom. The van der Waals surface area contributed by atoms with E-state index in [-0.39, 0.29) is 5.96 Å². The molecule has 1 aromatic rings. The molecule has 0 aliphatic carbocycles. The van der Waals surface area contributed by atoms with Crippen LogP contribution in [0.1, 0.15) is 6.42 Å². The second-order valence-electron chi connectivity index (χ2n) is 4.53. The van der Waals surface area contributed by atoms with Gasteiger partial charge in [-0.25, -0.2) is 26.9 Å². The molecule has 0 N–H and O–H groups in total. The fourth-order valence-corrected chi connectivity index (χ4v) is 2.00. The van der Waals surface area contributed by atoms with Gasteiger partial charge in [-0.3, -0.25) is 0 Å². The average molecular weight is 293 g/mol. The maximum Gasteiger partial charge on any atom is 0.201 e. The van der Waals surface area contributed by atoms with E-state index in [0.717, 1.165) is 6.42 Å². The standard InChI is InChI=1S/C12H12F5N3/c1-19-4-3-5-20(2)12(19)18-11-9(16)7(14)6(13)8(15)10(11)17/h3-5H2,1-2H3. The molecule has 110 valence electrons. The molecule has 2 rings (SSSR count). The van der Waals surface area contributed by atoms with E-state index in [0.29, 0.717) is 13.1 Å². The van der Waals surface area contributed by atoms with Gasteiger partial charge < -0.3 is 9.80 Å². The van der Waals surface area contributed by atoms with Crippen molar-refractivity contribution < 1.29 is 22.0 Å². The highest BCUT2D eigenvalue weighted by Gasteiger charge is 2.27. The molecule has 0 atom stereocenters.